The maximum Gasteiger partial charge on any atom is 0.337 e. The van der Waals surface area contributed by atoms with Crippen LogP contribution in [-0.4, -0.2) is 33.9 Å². The second-order valence-electron chi connectivity index (χ2n) is 3.64. The first-order valence-corrected chi connectivity index (χ1v) is 5.63. The Balaban J connectivity index is 2.45. The van der Waals surface area contributed by atoms with Crippen molar-refractivity contribution < 1.29 is 14.7 Å². The molecule has 0 spiro atoms. The van der Waals surface area contributed by atoms with Gasteiger partial charge in [0, 0.05) is 13.0 Å². The van der Waals surface area contributed by atoms with Crippen LogP contribution in [0.2, 0.25) is 5.15 Å². The van der Waals surface area contributed by atoms with E-state index in [4.69, 9.17) is 28.3 Å². The molecular formula is C10H8Cl2N2O3. The number of anilines is 1. The third kappa shape index (κ3) is 2.35. The molecule has 90 valence electrons. The lowest BCUT2D eigenvalue weighted by atomic mass is 10.2. The van der Waals surface area contributed by atoms with E-state index in [0.717, 1.165) is 0 Å². The molecule has 2 rings (SSSR count). The number of aromatic nitrogens is 1. The van der Waals surface area contributed by atoms with Gasteiger partial charge in [0.25, 0.3) is 0 Å². The van der Waals surface area contributed by atoms with Crippen LogP contribution in [0.1, 0.15) is 16.8 Å². The molecule has 1 aromatic heterocycles. The van der Waals surface area contributed by atoms with Crippen molar-refractivity contribution in [1.82, 2.24) is 4.98 Å². The standard InChI is InChI=1S/C10H8Cl2N2O3/c11-5-1-9(15)14(4-5)7-3-13-8(12)2-6(7)10(16)17/h2-3,5H,1,4H2,(H,16,17). The molecule has 1 fully saturated rings. The highest BCUT2D eigenvalue weighted by molar-refractivity contribution is 6.30. The second-order valence-corrected chi connectivity index (χ2v) is 4.64. The van der Waals surface area contributed by atoms with Crippen molar-refractivity contribution in [3.63, 3.8) is 0 Å². The zero-order chi connectivity index (χ0) is 12.6. The van der Waals surface area contributed by atoms with Gasteiger partial charge in [-0.25, -0.2) is 9.78 Å². The molecule has 1 atom stereocenters. The lowest BCUT2D eigenvalue weighted by molar-refractivity contribution is -0.117. The van der Waals surface area contributed by atoms with Crippen molar-refractivity contribution >= 4 is 40.8 Å². The topological polar surface area (TPSA) is 70.5 Å². The molecule has 7 heteroatoms. The first kappa shape index (κ1) is 12.1. The van der Waals surface area contributed by atoms with Crippen LogP contribution in [0.3, 0.4) is 0 Å². The summed E-state index contributed by atoms with van der Waals surface area (Å²) in [5.41, 5.74) is 0.180. The minimum atomic E-state index is -1.16. The summed E-state index contributed by atoms with van der Waals surface area (Å²) in [7, 11) is 0. The van der Waals surface area contributed by atoms with Crippen molar-refractivity contribution in [2.75, 3.05) is 11.4 Å². The van der Waals surface area contributed by atoms with Crippen LogP contribution in [0.25, 0.3) is 0 Å². The predicted molar refractivity (Wildman–Crippen MR) is 62.8 cm³/mol. The third-order valence-electron chi connectivity index (χ3n) is 2.45. The summed E-state index contributed by atoms with van der Waals surface area (Å²) in [4.78, 5) is 27.8. The fraction of sp³-hybridized carbons (Fsp3) is 0.300. The number of halogens is 2. The van der Waals surface area contributed by atoms with E-state index in [2.05, 4.69) is 4.98 Å². The van der Waals surface area contributed by atoms with Crippen LogP contribution in [-0.2, 0) is 4.79 Å². The second kappa shape index (κ2) is 4.50. The number of carbonyl (C=O) groups excluding carboxylic acids is 1. The maximum atomic E-state index is 11.6. The maximum absolute atomic E-state index is 11.6. The minimum absolute atomic E-state index is 0.0517. The SMILES string of the molecule is O=C(O)c1cc(Cl)ncc1N1CC(Cl)CC1=O. The summed E-state index contributed by atoms with van der Waals surface area (Å²) in [6.07, 6.45) is 1.47. The van der Waals surface area contributed by atoms with Crippen molar-refractivity contribution in [1.29, 1.82) is 0 Å². The molecule has 5 nitrogen and oxygen atoms in total. The molecule has 0 bridgehead atoms. The average molecular weight is 275 g/mol. The summed E-state index contributed by atoms with van der Waals surface area (Å²) < 4.78 is 0. The first-order chi connectivity index (χ1) is 7.99. The van der Waals surface area contributed by atoms with Gasteiger partial charge < -0.3 is 10.0 Å². The van der Waals surface area contributed by atoms with E-state index in [1.807, 2.05) is 0 Å². The first-order valence-electron chi connectivity index (χ1n) is 4.82. The highest BCUT2D eigenvalue weighted by Crippen LogP contribution is 2.28. The summed E-state index contributed by atoms with van der Waals surface area (Å²) in [5, 5.41) is 8.81. The lowest BCUT2D eigenvalue weighted by Crippen LogP contribution is -2.26. The third-order valence-corrected chi connectivity index (χ3v) is 2.95. The number of carboxylic acids is 1. The molecule has 0 radical (unpaired) electrons. The highest BCUT2D eigenvalue weighted by Gasteiger charge is 2.31. The van der Waals surface area contributed by atoms with E-state index in [1.54, 1.807) is 0 Å². The van der Waals surface area contributed by atoms with Crippen molar-refractivity contribution in [3.05, 3.63) is 23.0 Å². The average Bonchev–Trinajstić information content (AvgIpc) is 2.57. The van der Waals surface area contributed by atoms with Gasteiger partial charge in [0.05, 0.1) is 22.8 Å². The van der Waals surface area contributed by atoms with Gasteiger partial charge in [-0.3, -0.25) is 4.79 Å². The quantitative estimate of drug-likeness (QED) is 0.659. The van der Waals surface area contributed by atoms with Gasteiger partial charge in [-0.15, -0.1) is 11.6 Å². The van der Waals surface area contributed by atoms with E-state index in [9.17, 15) is 9.59 Å². The monoisotopic (exact) mass is 274 g/mol. The van der Waals surface area contributed by atoms with Crippen LogP contribution in [0.4, 0.5) is 5.69 Å². The summed E-state index contributed by atoms with van der Waals surface area (Å²) in [5.74, 6) is -1.37. The molecule has 0 aromatic carbocycles. The molecule has 1 N–H and O–H groups in total. The Labute approximate surface area is 107 Å². The number of alkyl halides is 1. The van der Waals surface area contributed by atoms with Gasteiger partial charge in [-0.1, -0.05) is 11.6 Å². The molecule has 1 unspecified atom stereocenters. The number of carbonyl (C=O) groups is 2. The summed E-state index contributed by atoms with van der Waals surface area (Å²) in [6.45, 7) is 0.282. The number of rotatable bonds is 2. The Hall–Kier alpha value is -1.33. The highest BCUT2D eigenvalue weighted by atomic mass is 35.5. The zero-order valence-corrected chi connectivity index (χ0v) is 10.1. The zero-order valence-electron chi connectivity index (χ0n) is 8.56. The number of carboxylic acid groups (broad SMARTS) is 1. The van der Waals surface area contributed by atoms with Crippen LogP contribution in [0, 0.1) is 0 Å². The molecule has 0 aliphatic carbocycles. The normalized spacial score (nSPS) is 19.8. The van der Waals surface area contributed by atoms with Crippen LogP contribution in [0.15, 0.2) is 12.3 Å². The number of nitrogens with zero attached hydrogens (tertiary/aromatic N) is 2. The predicted octanol–water partition coefficient (Wildman–Crippen LogP) is 1.78. The molecule has 1 aromatic rings. The molecular weight excluding hydrogens is 267 g/mol. The van der Waals surface area contributed by atoms with Crippen LogP contribution in [0.5, 0.6) is 0 Å². The molecule has 2 heterocycles. The van der Waals surface area contributed by atoms with E-state index in [0.29, 0.717) is 0 Å². The van der Waals surface area contributed by atoms with E-state index >= 15 is 0 Å². The number of aromatic carboxylic acids is 1. The van der Waals surface area contributed by atoms with Crippen molar-refractivity contribution in [3.8, 4) is 0 Å². The van der Waals surface area contributed by atoms with Gasteiger partial charge in [-0.2, -0.15) is 0 Å². The number of hydrogen-bond donors (Lipinski definition) is 1. The molecule has 1 aliphatic rings. The van der Waals surface area contributed by atoms with Gasteiger partial charge in [-0.05, 0) is 6.07 Å². The molecule has 1 saturated heterocycles. The van der Waals surface area contributed by atoms with Gasteiger partial charge in [0.15, 0.2) is 0 Å². The number of hydrogen-bond acceptors (Lipinski definition) is 3. The van der Waals surface area contributed by atoms with Crippen molar-refractivity contribution in [2.45, 2.75) is 11.8 Å². The number of amides is 1. The molecule has 1 amide bonds. The fourth-order valence-electron chi connectivity index (χ4n) is 1.71. The molecule has 1 aliphatic heterocycles. The largest absolute Gasteiger partial charge is 0.478 e. The van der Waals surface area contributed by atoms with Crippen LogP contribution >= 0.6 is 23.2 Å². The molecule has 0 saturated carbocycles. The lowest BCUT2D eigenvalue weighted by Gasteiger charge is -2.17. The Kier molecular flexibility index (Phi) is 3.22. The van der Waals surface area contributed by atoms with Gasteiger partial charge in [0.2, 0.25) is 5.91 Å². The Morgan fingerprint density at radius 3 is 2.82 bits per heavy atom. The van der Waals surface area contributed by atoms with Crippen molar-refractivity contribution in [2.24, 2.45) is 0 Å². The summed E-state index contributed by atoms with van der Waals surface area (Å²) in [6, 6.07) is 1.22. The fourth-order valence-corrected chi connectivity index (χ4v) is 2.13. The Morgan fingerprint density at radius 1 is 1.59 bits per heavy atom. The Bertz CT molecular complexity index is 492. The number of pyridine rings is 1. The van der Waals surface area contributed by atoms with Gasteiger partial charge in [0.1, 0.15) is 5.15 Å². The van der Waals surface area contributed by atoms with E-state index in [1.165, 1.54) is 17.2 Å². The van der Waals surface area contributed by atoms with E-state index < -0.39 is 5.97 Å². The Morgan fingerprint density at radius 2 is 2.29 bits per heavy atom. The molecule has 17 heavy (non-hydrogen) atoms. The van der Waals surface area contributed by atoms with Gasteiger partial charge >= 0.3 is 5.97 Å². The minimum Gasteiger partial charge on any atom is -0.478 e. The van der Waals surface area contributed by atoms with E-state index in [-0.39, 0.29) is 40.7 Å². The summed E-state index contributed by atoms with van der Waals surface area (Å²) >= 11 is 11.5. The smallest absolute Gasteiger partial charge is 0.337 e. The van der Waals surface area contributed by atoms with Crippen LogP contribution < -0.4 is 4.90 Å².